The van der Waals surface area contributed by atoms with E-state index in [0.717, 1.165) is 50.9 Å². The molecule has 6 nitrogen and oxygen atoms in total. The Balaban J connectivity index is 1.22. The number of amides is 1. The molecule has 6 rings (SSSR count). The maximum Gasteiger partial charge on any atom is 0.254 e. The molecule has 0 aliphatic carbocycles. The largest absolute Gasteiger partial charge is 0.353 e. The van der Waals surface area contributed by atoms with Crippen molar-refractivity contribution in [1.29, 1.82) is 0 Å². The van der Waals surface area contributed by atoms with E-state index in [9.17, 15) is 4.79 Å². The second-order valence-electron chi connectivity index (χ2n) is 7.90. The highest BCUT2D eigenvalue weighted by Gasteiger charge is 2.23. The average molecular weight is 440 g/mol. The fraction of sp³-hybridized carbons (Fsp3) is 0.160. The molecule has 0 spiro atoms. The molecule has 0 unspecified atom stereocenters. The van der Waals surface area contributed by atoms with Crippen LogP contribution >= 0.6 is 11.3 Å². The van der Waals surface area contributed by atoms with Crippen molar-refractivity contribution in [3.63, 3.8) is 0 Å². The van der Waals surface area contributed by atoms with Gasteiger partial charge in [0, 0.05) is 49.7 Å². The van der Waals surface area contributed by atoms with E-state index in [1.807, 2.05) is 65.7 Å². The zero-order chi connectivity index (χ0) is 21.5. The van der Waals surface area contributed by atoms with Crippen LogP contribution in [0.25, 0.3) is 26.4 Å². The SMILES string of the molecule is O=C(c1ccc2c(c1)sc1nc(-c3ccccc3)cn12)N1CCN(c2ccccn2)CC1. The molecular weight excluding hydrogens is 418 g/mol. The highest BCUT2D eigenvalue weighted by Crippen LogP contribution is 2.30. The number of thiazole rings is 1. The Morgan fingerprint density at radius 3 is 2.50 bits per heavy atom. The second-order valence-corrected chi connectivity index (χ2v) is 8.91. The Bertz CT molecular complexity index is 1400. The van der Waals surface area contributed by atoms with Gasteiger partial charge in [0.05, 0.1) is 15.9 Å². The van der Waals surface area contributed by atoms with Crippen LogP contribution in [-0.2, 0) is 0 Å². The van der Waals surface area contributed by atoms with E-state index in [1.54, 1.807) is 11.3 Å². The second kappa shape index (κ2) is 7.76. The lowest BCUT2D eigenvalue weighted by Gasteiger charge is -2.35. The molecule has 1 aliphatic heterocycles. The molecule has 0 N–H and O–H groups in total. The molecule has 0 atom stereocenters. The van der Waals surface area contributed by atoms with Crippen molar-refractivity contribution < 1.29 is 4.79 Å². The Morgan fingerprint density at radius 1 is 0.906 bits per heavy atom. The molecule has 7 heteroatoms. The molecule has 1 fully saturated rings. The fourth-order valence-electron chi connectivity index (χ4n) is 4.24. The summed E-state index contributed by atoms with van der Waals surface area (Å²) in [6, 6.07) is 22.1. The van der Waals surface area contributed by atoms with Crippen LogP contribution in [0.15, 0.2) is 79.1 Å². The predicted molar refractivity (Wildman–Crippen MR) is 128 cm³/mol. The molecule has 3 aromatic heterocycles. The first-order chi connectivity index (χ1) is 15.8. The lowest BCUT2D eigenvalue weighted by Crippen LogP contribution is -2.49. The van der Waals surface area contributed by atoms with Crippen LogP contribution in [0.1, 0.15) is 10.4 Å². The highest BCUT2D eigenvalue weighted by molar-refractivity contribution is 7.23. The molecule has 5 aromatic rings. The van der Waals surface area contributed by atoms with E-state index in [0.29, 0.717) is 13.1 Å². The summed E-state index contributed by atoms with van der Waals surface area (Å²) in [5, 5.41) is 0. The lowest BCUT2D eigenvalue weighted by molar-refractivity contribution is 0.0746. The Morgan fingerprint density at radius 2 is 1.72 bits per heavy atom. The van der Waals surface area contributed by atoms with Crippen LogP contribution < -0.4 is 4.90 Å². The number of fused-ring (bicyclic) bond motifs is 3. The van der Waals surface area contributed by atoms with Gasteiger partial charge in [-0.2, -0.15) is 0 Å². The number of hydrogen-bond acceptors (Lipinski definition) is 5. The minimum atomic E-state index is 0.0867. The summed E-state index contributed by atoms with van der Waals surface area (Å²) < 4.78 is 3.19. The van der Waals surface area contributed by atoms with Gasteiger partial charge in [0.25, 0.3) is 5.91 Å². The Labute approximate surface area is 189 Å². The molecule has 0 radical (unpaired) electrons. The van der Waals surface area contributed by atoms with Gasteiger partial charge >= 0.3 is 0 Å². The first-order valence-electron chi connectivity index (χ1n) is 10.7. The zero-order valence-corrected chi connectivity index (χ0v) is 18.2. The van der Waals surface area contributed by atoms with E-state index in [4.69, 9.17) is 4.98 Å². The third kappa shape index (κ3) is 3.31. The van der Waals surface area contributed by atoms with Crippen molar-refractivity contribution in [2.75, 3.05) is 31.1 Å². The summed E-state index contributed by atoms with van der Waals surface area (Å²) in [5.41, 5.74) is 3.88. The summed E-state index contributed by atoms with van der Waals surface area (Å²) in [6.45, 7) is 2.98. The van der Waals surface area contributed by atoms with Crippen molar-refractivity contribution in [2.45, 2.75) is 0 Å². The minimum Gasteiger partial charge on any atom is -0.353 e. The van der Waals surface area contributed by atoms with E-state index in [2.05, 4.69) is 32.6 Å². The van der Waals surface area contributed by atoms with Crippen molar-refractivity contribution >= 4 is 38.2 Å². The Kier molecular flexibility index (Phi) is 4.61. The maximum absolute atomic E-state index is 13.2. The third-order valence-corrected chi connectivity index (χ3v) is 6.97. The van der Waals surface area contributed by atoms with Gasteiger partial charge in [-0.3, -0.25) is 9.20 Å². The van der Waals surface area contributed by atoms with E-state index < -0.39 is 0 Å². The standard InChI is InChI=1S/C25H21N5OS/c31-24(29-14-12-28(13-15-29)23-8-4-5-11-26-23)19-9-10-21-22(16-19)32-25-27-20(17-30(21)25)18-6-2-1-3-7-18/h1-11,16-17H,12-15H2. The number of pyridine rings is 1. The lowest BCUT2D eigenvalue weighted by atomic mass is 10.1. The van der Waals surface area contributed by atoms with Crippen LogP contribution in [0.3, 0.4) is 0 Å². The predicted octanol–water partition coefficient (Wildman–Crippen LogP) is 4.57. The maximum atomic E-state index is 13.2. The molecule has 0 saturated carbocycles. The number of aromatic nitrogens is 3. The quantitative estimate of drug-likeness (QED) is 0.413. The molecule has 1 aliphatic rings. The van der Waals surface area contributed by atoms with Gasteiger partial charge in [0.2, 0.25) is 0 Å². The number of carbonyl (C=O) groups excluding carboxylic acids is 1. The molecule has 1 amide bonds. The first kappa shape index (κ1) is 19.0. The number of piperazine rings is 1. The summed E-state index contributed by atoms with van der Waals surface area (Å²) in [6.07, 6.45) is 3.88. The summed E-state index contributed by atoms with van der Waals surface area (Å²) in [4.78, 5) is 27.5. The van der Waals surface area contributed by atoms with Gasteiger partial charge in [0.1, 0.15) is 5.82 Å². The minimum absolute atomic E-state index is 0.0867. The number of benzene rings is 2. The number of hydrogen-bond donors (Lipinski definition) is 0. The van der Waals surface area contributed by atoms with Gasteiger partial charge in [-0.1, -0.05) is 47.7 Å². The smallest absolute Gasteiger partial charge is 0.254 e. The molecule has 32 heavy (non-hydrogen) atoms. The monoisotopic (exact) mass is 439 g/mol. The molecule has 2 aromatic carbocycles. The number of nitrogens with zero attached hydrogens (tertiary/aromatic N) is 5. The molecule has 4 heterocycles. The summed E-state index contributed by atoms with van der Waals surface area (Å²) >= 11 is 1.62. The van der Waals surface area contributed by atoms with Crippen LogP contribution in [0, 0.1) is 0 Å². The van der Waals surface area contributed by atoms with Gasteiger partial charge < -0.3 is 9.80 Å². The van der Waals surface area contributed by atoms with Crippen LogP contribution in [0.4, 0.5) is 5.82 Å². The summed E-state index contributed by atoms with van der Waals surface area (Å²) in [7, 11) is 0. The number of carbonyl (C=O) groups is 1. The number of anilines is 1. The van der Waals surface area contributed by atoms with Gasteiger partial charge in [-0.15, -0.1) is 0 Å². The first-order valence-corrected chi connectivity index (χ1v) is 11.5. The topological polar surface area (TPSA) is 53.7 Å². The molecule has 1 saturated heterocycles. The van der Waals surface area contributed by atoms with E-state index in [1.165, 1.54) is 0 Å². The zero-order valence-electron chi connectivity index (χ0n) is 17.4. The molecule has 0 bridgehead atoms. The van der Waals surface area contributed by atoms with Crippen LogP contribution in [-0.4, -0.2) is 51.4 Å². The number of imidazole rings is 1. The normalized spacial score (nSPS) is 14.4. The van der Waals surface area contributed by atoms with E-state index in [-0.39, 0.29) is 5.91 Å². The highest BCUT2D eigenvalue weighted by atomic mass is 32.1. The van der Waals surface area contributed by atoms with Crippen molar-refractivity contribution in [2.24, 2.45) is 0 Å². The van der Waals surface area contributed by atoms with Crippen LogP contribution in [0.2, 0.25) is 0 Å². The molecular formula is C25H21N5OS. The van der Waals surface area contributed by atoms with Gasteiger partial charge in [0.15, 0.2) is 4.96 Å². The van der Waals surface area contributed by atoms with Crippen molar-refractivity contribution in [3.8, 4) is 11.3 Å². The Hall–Kier alpha value is -3.71. The van der Waals surface area contributed by atoms with Gasteiger partial charge in [-0.25, -0.2) is 9.97 Å². The average Bonchev–Trinajstić information content (AvgIpc) is 3.42. The van der Waals surface area contributed by atoms with Crippen LogP contribution in [0.5, 0.6) is 0 Å². The fourth-order valence-corrected chi connectivity index (χ4v) is 5.29. The van der Waals surface area contributed by atoms with Crippen molar-refractivity contribution in [3.05, 3.63) is 84.7 Å². The summed E-state index contributed by atoms with van der Waals surface area (Å²) in [5.74, 6) is 1.06. The number of rotatable bonds is 3. The van der Waals surface area contributed by atoms with Crippen molar-refractivity contribution in [1.82, 2.24) is 19.3 Å². The van der Waals surface area contributed by atoms with Gasteiger partial charge in [-0.05, 0) is 30.3 Å². The molecule has 158 valence electrons. The van der Waals surface area contributed by atoms with E-state index >= 15 is 0 Å². The third-order valence-electron chi connectivity index (χ3n) is 5.95.